The van der Waals surface area contributed by atoms with Crippen molar-refractivity contribution in [2.45, 2.75) is 27.2 Å². The van der Waals surface area contributed by atoms with E-state index >= 15 is 0 Å². The van der Waals surface area contributed by atoms with Gasteiger partial charge >= 0.3 is 0 Å². The van der Waals surface area contributed by atoms with E-state index in [2.05, 4.69) is 33.2 Å². The first-order valence-corrected chi connectivity index (χ1v) is 7.46. The summed E-state index contributed by atoms with van der Waals surface area (Å²) in [4.78, 5) is 4.51. The van der Waals surface area contributed by atoms with E-state index in [0.717, 1.165) is 45.4 Å². The number of rotatable bonds is 4. The van der Waals surface area contributed by atoms with Crippen LogP contribution in [0.5, 0.6) is 0 Å². The summed E-state index contributed by atoms with van der Waals surface area (Å²) in [6.07, 6.45) is 3.06. The Hall–Kier alpha value is -1.000. The second kappa shape index (κ2) is 5.97. The van der Waals surface area contributed by atoms with Crippen LogP contribution < -0.4 is 5.32 Å². The number of nitrogens with one attached hydrogen (secondary N) is 1. The van der Waals surface area contributed by atoms with Gasteiger partial charge in [-0.25, -0.2) is 4.98 Å². The fourth-order valence-corrected chi connectivity index (χ4v) is 2.67. The van der Waals surface area contributed by atoms with Gasteiger partial charge in [-0.15, -0.1) is 0 Å². The summed E-state index contributed by atoms with van der Waals surface area (Å²) < 4.78 is 3.03. The molecule has 0 fully saturated rings. The molecule has 1 aromatic carbocycles. The molecule has 0 aliphatic rings. The second-order valence-corrected chi connectivity index (χ2v) is 5.82. The summed E-state index contributed by atoms with van der Waals surface area (Å²) in [5, 5.41) is 4.09. The molecule has 2 rings (SSSR count). The van der Waals surface area contributed by atoms with E-state index in [9.17, 15) is 0 Å². The average molecular weight is 343 g/mol. The number of halogens is 2. The molecule has 1 aromatic heterocycles. The van der Waals surface area contributed by atoms with Crippen molar-refractivity contribution in [2.24, 2.45) is 0 Å². The van der Waals surface area contributed by atoms with Crippen molar-refractivity contribution in [3.8, 4) is 5.69 Å². The van der Waals surface area contributed by atoms with Gasteiger partial charge in [0.25, 0.3) is 0 Å². The molecule has 0 unspecified atom stereocenters. The van der Waals surface area contributed by atoms with Gasteiger partial charge in [-0.2, -0.15) is 0 Å². The molecule has 102 valence electrons. The van der Waals surface area contributed by atoms with Gasteiger partial charge in [-0.05, 0) is 53.9 Å². The Bertz CT molecular complexity index is 593. The van der Waals surface area contributed by atoms with Crippen LogP contribution in [0, 0.1) is 13.8 Å². The van der Waals surface area contributed by atoms with E-state index in [1.54, 1.807) is 0 Å². The first-order valence-electron chi connectivity index (χ1n) is 6.28. The lowest BCUT2D eigenvalue weighted by Crippen LogP contribution is -2.07. The molecule has 1 heterocycles. The van der Waals surface area contributed by atoms with Gasteiger partial charge in [-0.1, -0.05) is 18.5 Å². The van der Waals surface area contributed by atoms with Gasteiger partial charge in [0.05, 0.1) is 11.4 Å². The van der Waals surface area contributed by atoms with E-state index in [4.69, 9.17) is 11.6 Å². The van der Waals surface area contributed by atoms with Crippen LogP contribution in [0.25, 0.3) is 5.69 Å². The van der Waals surface area contributed by atoms with E-state index < -0.39 is 0 Å². The van der Waals surface area contributed by atoms with Crippen LogP contribution in [0.1, 0.15) is 24.6 Å². The van der Waals surface area contributed by atoms with Gasteiger partial charge in [0.2, 0.25) is 5.95 Å². The van der Waals surface area contributed by atoms with Crippen molar-refractivity contribution in [3.05, 3.63) is 39.1 Å². The Balaban J connectivity index is 2.49. The summed E-state index contributed by atoms with van der Waals surface area (Å²) in [5.74, 6) is 0.847. The third-order valence-electron chi connectivity index (χ3n) is 2.85. The molecular formula is C14H17BrClN3. The van der Waals surface area contributed by atoms with Crippen molar-refractivity contribution >= 4 is 33.5 Å². The summed E-state index contributed by atoms with van der Waals surface area (Å²) >= 11 is 9.82. The lowest BCUT2D eigenvalue weighted by atomic mass is 10.2. The normalized spacial score (nSPS) is 10.8. The van der Waals surface area contributed by atoms with Crippen LogP contribution in [-0.4, -0.2) is 16.1 Å². The Morgan fingerprint density at radius 1 is 1.37 bits per heavy atom. The molecule has 0 aliphatic carbocycles. The maximum atomic E-state index is 6.22. The first-order chi connectivity index (χ1) is 9.02. The molecule has 0 radical (unpaired) electrons. The number of benzene rings is 1. The zero-order valence-electron chi connectivity index (χ0n) is 11.3. The highest BCUT2D eigenvalue weighted by Gasteiger charge is 2.11. The molecule has 3 nitrogen and oxygen atoms in total. The minimum absolute atomic E-state index is 0.756. The lowest BCUT2D eigenvalue weighted by molar-refractivity contribution is 0.935. The van der Waals surface area contributed by atoms with E-state index in [1.165, 1.54) is 0 Å². The molecule has 0 amide bonds. The third-order valence-corrected chi connectivity index (χ3v) is 3.89. The Labute approximate surface area is 127 Å². The summed E-state index contributed by atoms with van der Waals surface area (Å²) in [6.45, 7) is 7.00. The highest BCUT2D eigenvalue weighted by molar-refractivity contribution is 9.10. The molecule has 0 saturated carbocycles. The standard InChI is InChI=1S/C14H17BrClN3/c1-4-5-17-14-18-10(3)8-19(14)13-7-12(16)9(2)6-11(13)15/h6-8H,4-5H2,1-3H3,(H,17,18). The summed E-state index contributed by atoms with van der Waals surface area (Å²) in [7, 11) is 0. The van der Waals surface area contributed by atoms with Gasteiger partial charge in [0.1, 0.15) is 0 Å². The van der Waals surface area contributed by atoms with Crippen LogP contribution in [0.15, 0.2) is 22.8 Å². The predicted molar refractivity (Wildman–Crippen MR) is 84.5 cm³/mol. The monoisotopic (exact) mass is 341 g/mol. The van der Waals surface area contributed by atoms with E-state index in [-0.39, 0.29) is 0 Å². The molecule has 0 spiro atoms. The third kappa shape index (κ3) is 3.12. The summed E-state index contributed by atoms with van der Waals surface area (Å²) in [5.41, 5.74) is 3.02. The zero-order valence-corrected chi connectivity index (χ0v) is 13.6. The van der Waals surface area contributed by atoms with Crippen LogP contribution in [0.2, 0.25) is 5.02 Å². The predicted octanol–water partition coefficient (Wildman–Crippen LogP) is 4.73. The molecular weight excluding hydrogens is 326 g/mol. The van der Waals surface area contributed by atoms with Gasteiger partial charge in [0.15, 0.2) is 0 Å². The highest BCUT2D eigenvalue weighted by Crippen LogP contribution is 2.30. The van der Waals surface area contributed by atoms with Crippen LogP contribution in [-0.2, 0) is 0 Å². The number of aromatic nitrogens is 2. The number of imidazole rings is 1. The maximum absolute atomic E-state index is 6.22. The summed E-state index contributed by atoms with van der Waals surface area (Å²) in [6, 6.07) is 3.98. The first kappa shape index (κ1) is 14.4. The quantitative estimate of drug-likeness (QED) is 0.870. The Morgan fingerprint density at radius 2 is 2.11 bits per heavy atom. The minimum Gasteiger partial charge on any atom is -0.355 e. The molecule has 0 saturated heterocycles. The molecule has 2 aromatic rings. The molecule has 1 N–H and O–H groups in total. The smallest absolute Gasteiger partial charge is 0.207 e. The minimum atomic E-state index is 0.756. The van der Waals surface area contributed by atoms with E-state index in [0.29, 0.717) is 0 Å². The number of nitrogens with zero attached hydrogens (tertiary/aromatic N) is 2. The average Bonchev–Trinajstić information content (AvgIpc) is 2.72. The number of hydrogen-bond donors (Lipinski definition) is 1. The number of aryl methyl sites for hydroxylation is 2. The fourth-order valence-electron chi connectivity index (χ4n) is 1.86. The molecule has 0 atom stereocenters. The van der Waals surface area contributed by atoms with Crippen molar-refractivity contribution in [2.75, 3.05) is 11.9 Å². The topological polar surface area (TPSA) is 29.9 Å². The van der Waals surface area contributed by atoms with Crippen LogP contribution in [0.4, 0.5) is 5.95 Å². The Morgan fingerprint density at radius 3 is 2.79 bits per heavy atom. The SMILES string of the molecule is CCCNc1nc(C)cn1-c1cc(Cl)c(C)cc1Br. The highest BCUT2D eigenvalue weighted by atomic mass is 79.9. The van der Waals surface area contributed by atoms with E-state index in [1.807, 2.05) is 36.7 Å². The van der Waals surface area contributed by atoms with Crippen molar-refractivity contribution in [1.82, 2.24) is 9.55 Å². The molecule has 0 aliphatic heterocycles. The number of hydrogen-bond acceptors (Lipinski definition) is 2. The zero-order chi connectivity index (χ0) is 14.0. The van der Waals surface area contributed by atoms with Gasteiger partial charge in [0, 0.05) is 22.2 Å². The second-order valence-electron chi connectivity index (χ2n) is 4.56. The fraction of sp³-hybridized carbons (Fsp3) is 0.357. The lowest BCUT2D eigenvalue weighted by Gasteiger charge is -2.12. The van der Waals surface area contributed by atoms with Crippen molar-refractivity contribution in [1.29, 1.82) is 0 Å². The molecule has 19 heavy (non-hydrogen) atoms. The van der Waals surface area contributed by atoms with Gasteiger partial charge < -0.3 is 5.32 Å². The molecule has 0 bridgehead atoms. The van der Waals surface area contributed by atoms with Crippen molar-refractivity contribution < 1.29 is 0 Å². The van der Waals surface area contributed by atoms with Gasteiger partial charge in [-0.3, -0.25) is 4.57 Å². The van der Waals surface area contributed by atoms with Crippen molar-refractivity contribution in [3.63, 3.8) is 0 Å². The Kier molecular flexibility index (Phi) is 4.53. The molecule has 5 heteroatoms. The maximum Gasteiger partial charge on any atom is 0.207 e. The van der Waals surface area contributed by atoms with Crippen LogP contribution >= 0.6 is 27.5 Å². The number of anilines is 1. The van der Waals surface area contributed by atoms with Crippen LogP contribution in [0.3, 0.4) is 0 Å². The largest absolute Gasteiger partial charge is 0.355 e.